The molecule has 0 bridgehead atoms. The van der Waals surface area contributed by atoms with E-state index in [1.54, 1.807) is 30.3 Å². The van der Waals surface area contributed by atoms with Crippen molar-refractivity contribution in [3.63, 3.8) is 0 Å². The Morgan fingerprint density at radius 1 is 1.07 bits per heavy atom. The van der Waals surface area contributed by atoms with Crippen LogP contribution >= 0.6 is 0 Å². The monoisotopic (exact) mass is 402 g/mol. The summed E-state index contributed by atoms with van der Waals surface area (Å²) in [4.78, 5) is 12.5. The summed E-state index contributed by atoms with van der Waals surface area (Å²) >= 11 is 0. The average Bonchev–Trinajstić information content (AvgIpc) is 2.73. The first-order valence-corrected chi connectivity index (χ1v) is 11.0. The zero-order valence-electron chi connectivity index (χ0n) is 16.0. The number of para-hydroxylation sites is 1. The van der Waals surface area contributed by atoms with E-state index in [0.29, 0.717) is 30.8 Å². The first kappa shape index (κ1) is 20.4. The van der Waals surface area contributed by atoms with Crippen LogP contribution in [0.4, 0.5) is 0 Å². The van der Waals surface area contributed by atoms with Gasteiger partial charge in [0.2, 0.25) is 10.0 Å². The van der Waals surface area contributed by atoms with E-state index >= 15 is 0 Å². The second kappa shape index (κ2) is 9.21. The second-order valence-corrected chi connectivity index (χ2v) is 8.75. The predicted octanol–water partition coefficient (Wildman–Crippen LogP) is 2.60. The van der Waals surface area contributed by atoms with Crippen LogP contribution in [-0.2, 0) is 21.2 Å². The summed E-state index contributed by atoms with van der Waals surface area (Å²) < 4.78 is 32.4. The van der Waals surface area contributed by atoms with Crippen LogP contribution < -0.4 is 10.1 Å². The Morgan fingerprint density at radius 3 is 2.39 bits per heavy atom. The number of nitrogens with zero attached hydrogens (tertiary/aromatic N) is 1. The normalized spacial score (nSPS) is 15.9. The van der Waals surface area contributed by atoms with Crippen LogP contribution in [0.1, 0.15) is 25.3 Å². The lowest BCUT2D eigenvalue weighted by molar-refractivity contribution is -0.124. The molecule has 0 atom stereocenters. The molecular weight excluding hydrogens is 376 g/mol. The number of hydrogen-bond acceptors (Lipinski definition) is 4. The van der Waals surface area contributed by atoms with Crippen LogP contribution in [0.3, 0.4) is 0 Å². The van der Waals surface area contributed by atoms with Gasteiger partial charge in [0.25, 0.3) is 5.91 Å². The predicted molar refractivity (Wildman–Crippen MR) is 108 cm³/mol. The highest BCUT2D eigenvalue weighted by atomic mass is 32.2. The number of nitrogens with one attached hydrogen (secondary N) is 1. The van der Waals surface area contributed by atoms with Gasteiger partial charge in [0, 0.05) is 19.1 Å². The summed E-state index contributed by atoms with van der Waals surface area (Å²) in [5.41, 5.74) is 1.06. The number of ether oxygens (including phenoxy) is 1. The highest BCUT2D eigenvalue weighted by molar-refractivity contribution is 7.89. The van der Waals surface area contributed by atoms with E-state index in [2.05, 4.69) is 5.32 Å². The van der Waals surface area contributed by atoms with Gasteiger partial charge in [-0.1, -0.05) is 43.3 Å². The first-order valence-electron chi connectivity index (χ1n) is 9.56. The van der Waals surface area contributed by atoms with E-state index in [0.717, 1.165) is 17.7 Å². The van der Waals surface area contributed by atoms with Gasteiger partial charge in [0.15, 0.2) is 6.61 Å². The molecule has 6 nitrogen and oxygen atoms in total. The van der Waals surface area contributed by atoms with E-state index in [1.165, 1.54) is 4.31 Å². The number of rotatable bonds is 7. The van der Waals surface area contributed by atoms with Gasteiger partial charge in [-0.2, -0.15) is 4.31 Å². The third-order valence-electron chi connectivity index (χ3n) is 4.91. The van der Waals surface area contributed by atoms with Gasteiger partial charge >= 0.3 is 0 Å². The summed E-state index contributed by atoms with van der Waals surface area (Å²) in [6.07, 6.45) is 2.01. The second-order valence-electron chi connectivity index (χ2n) is 6.81. The van der Waals surface area contributed by atoms with Crippen molar-refractivity contribution in [1.29, 1.82) is 0 Å². The fourth-order valence-electron chi connectivity index (χ4n) is 3.33. The number of carbonyl (C=O) groups is 1. The number of amides is 1. The molecule has 0 unspecified atom stereocenters. The highest BCUT2D eigenvalue weighted by Gasteiger charge is 2.29. The molecule has 1 saturated heterocycles. The molecule has 0 saturated carbocycles. The fraction of sp³-hybridized carbons (Fsp3) is 0.381. The Morgan fingerprint density at radius 2 is 1.71 bits per heavy atom. The standard InChI is InChI=1S/C21H26N2O4S/c1-2-17-8-6-7-11-20(17)27-16-21(24)22-18-12-14-23(15-13-18)28(25,26)19-9-4-3-5-10-19/h3-11,18H,2,12-16H2,1H3,(H,22,24). The fourth-order valence-corrected chi connectivity index (χ4v) is 4.82. The topological polar surface area (TPSA) is 75.7 Å². The van der Waals surface area contributed by atoms with Crippen LogP contribution in [0, 0.1) is 0 Å². The van der Waals surface area contributed by atoms with Crippen molar-refractivity contribution in [3.05, 3.63) is 60.2 Å². The maximum Gasteiger partial charge on any atom is 0.258 e. The molecule has 1 fully saturated rings. The maximum absolute atomic E-state index is 12.7. The van der Waals surface area contributed by atoms with Gasteiger partial charge in [0.05, 0.1) is 4.90 Å². The number of piperidine rings is 1. The largest absolute Gasteiger partial charge is 0.483 e. The molecule has 0 aliphatic carbocycles. The molecule has 1 aliphatic heterocycles. The van der Waals surface area contributed by atoms with E-state index < -0.39 is 10.0 Å². The molecule has 0 radical (unpaired) electrons. The Bertz CT molecular complexity index is 892. The molecule has 2 aromatic rings. The molecule has 1 heterocycles. The molecular formula is C21H26N2O4S. The minimum absolute atomic E-state index is 0.0419. The van der Waals surface area contributed by atoms with Gasteiger partial charge in [-0.15, -0.1) is 0 Å². The number of hydrogen-bond donors (Lipinski definition) is 1. The molecule has 1 N–H and O–H groups in total. The summed E-state index contributed by atoms with van der Waals surface area (Å²) in [7, 11) is -3.47. The molecule has 7 heteroatoms. The van der Waals surface area contributed by atoms with E-state index in [9.17, 15) is 13.2 Å². The van der Waals surface area contributed by atoms with Crippen molar-refractivity contribution in [1.82, 2.24) is 9.62 Å². The third-order valence-corrected chi connectivity index (χ3v) is 6.83. The summed E-state index contributed by atoms with van der Waals surface area (Å²) in [6, 6.07) is 16.1. The smallest absolute Gasteiger partial charge is 0.258 e. The van der Waals surface area contributed by atoms with Gasteiger partial charge in [-0.25, -0.2) is 8.42 Å². The molecule has 1 amide bonds. The lowest BCUT2D eigenvalue weighted by Crippen LogP contribution is -2.47. The molecule has 3 rings (SSSR count). The number of carbonyl (C=O) groups excluding carboxylic acids is 1. The van der Waals surface area contributed by atoms with Crippen LogP contribution in [0.5, 0.6) is 5.75 Å². The van der Waals surface area contributed by atoms with Gasteiger partial charge in [-0.05, 0) is 43.0 Å². The van der Waals surface area contributed by atoms with E-state index in [4.69, 9.17) is 4.74 Å². The summed E-state index contributed by atoms with van der Waals surface area (Å²) in [5, 5.41) is 2.95. The molecule has 28 heavy (non-hydrogen) atoms. The summed E-state index contributed by atoms with van der Waals surface area (Å²) in [6.45, 7) is 2.78. The van der Waals surface area contributed by atoms with Gasteiger partial charge in [0.1, 0.15) is 5.75 Å². The Labute approximate surface area is 166 Å². The average molecular weight is 403 g/mol. The molecule has 2 aromatic carbocycles. The molecule has 1 aliphatic rings. The maximum atomic E-state index is 12.7. The lowest BCUT2D eigenvalue weighted by Gasteiger charge is -2.31. The minimum atomic E-state index is -3.47. The molecule has 0 aromatic heterocycles. The first-order chi connectivity index (χ1) is 13.5. The molecule has 150 valence electrons. The number of benzene rings is 2. The SMILES string of the molecule is CCc1ccccc1OCC(=O)NC1CCN(S(=O)(=O)c2ccccc2)CC1. The highest BCUT2D eigenvalue weighted by Crippen LogP contribution is 2.21. The van der Waals surface area contributed by atoms with Crippen LogP contribution in [-0.4, -0.2) is 44.4 Å². The van der Waals surface area contributed by atoms with Crippen molar-refractivity contribution >= 4 is 15.9 Å². The van der Waals surface area contributed by atoms with Gasteiger partial charge in [-0.3, -0.25) is 4.79 Å². The van der Waals surface area contributed by atoms with E-state index in [-0.39, 0.29) is 18.6 Å². The minimum Gasteiger partial charge on any atom is -0.483 e. The zero-order valence-corrected chi connectivity index (χ0v) is 16.8. The van der Waals surface area contributed by atoms with Crippen molar-refractivity contribution in [2.45, 2.75) is 37.1 Å². The Kier molecular flexibility index (Phi) is 6.70. The van der Waals surface area contributed by atoms with Crippen molar-refractivity contribution in [3.8, 4) is 5.75 Å². The Hall–Kier alpha value is -2.38. The lowest BCUT2D eigenvalue weighted by atomic mass is 10.1. The zero-order chi connectivity index (χ0) is 20.0. The Balaban J connectivity index is 1.48. The summed E-state index contributed by atoms with van der Waals surface area (Å²) in [5.74, 6) is 0.541. The quantitative estimate of drug-likeness (QED) is 0.772. The number of aryl methyl sites for hydroxylation is 1. The van der Waals surface area contributed by atoms with Crippen molar-refractivity contribution in [2.75, 3.05) is 19.7 Å². The van der Waals surface area contributed by atoms with Crippen LogP contribution in [0.25, 0.3) is 0 Å². The van der Waals surface area contributed by atoms with E-state index in [1.807, 2.05) is 31.2 Å². The van der Waals surface area contributed by atoms with Crippen molar-refractivity contribution in [2.24, 2.45) is 0 Å². The molecule has 0 spiro atoms. The van der Waals surface area contributed by atoms with Crippen molar-refractivity contribution < 1.29 is 17.9 Å². The van der Waals surface area contributed by atoms with Crippen LogP contribution in [0.2, 0.25) is 0 Å². The van der Waals surface area contributed by atoms with Crippen LogP contribution in [0.15, 0.2) is 59.5 Å². The number of sulfonamides is 1. The third kappa shape index (κ3) is 4.91. The van der Waals surface area contributed by atoms with Gasteiger partial charge < -0.3 is 10.1 Å².